The Morgan fingerprint density at radius 3 is 2.77 bits per heavy atom. The molecule has 8 heteroatoms. The van der Waals surface area contributed by atoms with Gasteiger partial charge in [-0.25, -0.2) is 9.97 Å². The van der Waals surface area contributed by atoms with Crippen LogP contribution in [-0.2, 0) is 17.7 Å². The molecule has 120 valence electrons. The van der Waals surface area contributed by atoms with Crippen LogP contribution in [0.25, 0.3) is 0 Å². The summed E-state index contributed by atoms with van der Waals surface area (Å²) in [7, 11) is 1.71. The fourth-order valence-electron chi connectivity index (χ4n) is 2.46. The zero-order chi connectivity index (χ0) is 15.4. The Morgan fingerprint density at radius 2 is 2.09 bits per heavy atom. The lowest BCUT2D eigenvalue weighted by Gasteiger charge is -2.33. The first-order valence-electron chi connectivity index (χ1n) is 7.45. The zero-order valence-corrected chi connectivity index (χ0v) is 14.6. The van der Waals surface area contributed by atoms with Gasteiger partial charge in [-0.2, -0.15) is 4.37 Å². The smallest absolute Gasteiger partial charge is 0.205 e. The van der Waals surface area contributed by atoms with Crippen LogP contribution in [0.4, 0.5) is 5.13 Å². The Kier molecular flexibility index (Phi) is 5.35. The molecule has 2 aromatic rings. The summed E-state index contributed by atoms with van der Waals surface area (Å²) in [5.41, 5.74) is 0. The van der Waals surface area contributed by atoms with Crippen LogP contribution in [0, 0.1) is 6.92 Å². The van der Waals surface area contributed by atoms with Crippen LogP contribution in [0.1, 0.15) is 15.7 Å². The highest BCUT2D eigenvalue weighted by atomic mass is 32.1. The minimum atomic E-state index is 0.679. The number of methoxy groups -OCH3 is 1. The standard InChI is InChI=1S/C14H21N5OS2/c1-11-15-9-12(21-11)10-18-4-6-19(7-5-18)14-16-13(17-22-14)3-8-20-2/h9H,3-8,10H2,1-2H3. The molecule has 3 rings (SSSR count). The van der Waals surface area contributed by atoms with Gasteiger partial charge in [-0.05, 0) is 6.92 Å². The van der Waals surface area contributed by atoms with Gasteiger partial charge in [0, 0.05) is 68.9 Å². The van der Waals surface area contributed by atoms with Crippen LogP contribution in [0.3, 0.4) is 0 Å². The van der Waals surface area contributed by atoms with Crippen molar-refractivity contribution in [1.82, 2.24) is 19.2 Å². The van der Waals surface area contributed by atoms with Crippen molar-refractivity contribution in [2.45, 2.75) is 19.9 Å². The maximum atomic E-state index is 5.07. The number of hydrogen-bond acceptors (Lipinski definition) is 8. The molecule has 0 N–H and O–H groups in total. The molecule has 22 heavy (non-hydrogen) atoms. The zero-order valence-electron chi connectivity index (χ0n) is 13.0. The van der Waals surface area contributed by atoms with E-state index in [1.807, 2.05) is 6.20 Å². The van der Waals surface area contributed by atoms with Crippen LogP contribution >= 0.6 is 22.9 Å². The van der Waals surface area contributed by atoms with Crippen molar-refractivity contribution in [3.05, 3.63) is 21.9 Å². The molecular weight excluding hydrogens is 318 g/mol. The first-order valence-corrected chi connectivity index (χ1v) is 9.03. The number of ether oxygens (including phenoxy) is 1. The third-order valence-corrected chi connectivity index (χ3v) is 5.39. The molecule has 1 aliphatic rings. The van der Waals surface area contributed by atoms with E-state index in [1.165, 1.54) is 16.4 Å². The average molecular weight is 339 g/mol. The highest BCUT2D eigenvalue weighted by Crippen LogP contribution is 2.21. The van der Waals surface area contributed by atoms with Gasteiger partial charge in [-0.1, -0.05) is 0 Å². The summed E-state index contributed by atoms with van der Waals surface area (Å²) < 4.78 is 9.48. The SMILES string of the molecule is COCCc1nsc(N2CCN(Cc3cnc(C)s3)CC2)n1. The predicted molar refractivity (Wildman–Crippen MR) is 89.8 cm³/mol. The normalized spacial score (nSPS) is 16.4. The number of piperazine rings is 1. The summed E-state index contributed by atoms with van der Waals surface area (Å²) in [6.07, 6.45) is 2.79. The van der Waals surface area contributed by atoms with Crippen molar-refractivity contribution in [3.8, 4) is 0 Å². The van der Waals surface area contributed by atoms with E-state index in [-0.39, 0.29) is 0 Å². The van der Waals surface area contributed by atoms with E-state index in [4.69, 9.17) is 4.74 Å². The molecule has 0 amide bonds. The number of rotatable bonds is 6. The van der Waals surface area contributed by atoms with Crippen molar-refractivity contribution in [2.75, 3.05) is 44.8 Å². The Morgan fingerprint density at radius 1 is 1.27 bits per heavy atom. The third-order valence-electron chi connectivity index (χ3n) is 3.68. The van der Waals surface area contributed by atoms with Gasteiger partial charge in [0.2, 0.25) is 5.13 Å². The lowest BCUT2D eigenvalue weighted by Crippen LogP contribution is -2.45. The first-order chi connectivity index (χ1) is 10.7. The molecule has 1 fully saturated rings. The molecular formula is C14H21N5OS2. The van der Waals surface area contributed by atoms with Gasteiger partial charge in [0.15, 0.2) is 0 Å². The third kappa shape index (κ3) is 4.01. The Hall–Kier alpha value is -1.09. The maximum Gasteiger partial charge on any atom is 0.205 e. The second-order valence-electron chi connectivity index (χ2n) is 5.34. The van der Waals surface area contributed by atoms with E-state index >= 15 is 0 Å². The van der Waals surface area contributed by atoms with Gasteiger partial charge in [0.1, 0.15) is 5.82 Å². The van der Waals surface area contributed by atoms with Crippen LogP contribution in [0.15, 0.2) is 6.20 Å². The van der Waals surface area contributed by atoms with Crippen LogP contribution in [0.2, 0.25) is 0 Å². The van der Waals surface area contributed by atoms with Crippen molar-refractivity contribution in [2.24, 2.45) is 0 Å². The van der Waals surface area contributed by atoms with E-state index in [1.54, 1.807) is 18.4 Å². The number of nitrogens with zero attached hydrogens (tertiary/aromatic N) is 5. The Balaban J connectivity index is 1.49. The molecule has 0 atom stereocenters. The molecule has 2 aromatic heterocycles. The van der Waals surface area contributed by atoms with Gasteiger partial charge < -0.3 is 9.64 Å². The molecule has 0 unspecified atom stereocenters. The summed E-state index contributed by atoms with van der Waals surface area (Å²) >= 11 is 3.29. The number of hydrogen-bond donors (Lipinski definition) is 0. The van der Waals surface area contributed by atoms with Crippen LogP contribution in [-0.4, -0.2) is 59.1 Å². The molecule has 1 aliphatic heterocycles. The monoisotopic (exact) mass is 339 g/mol. The van der Waals surface area contributed by atoms with E-state index in [2.05, 4.69) is 31.1 Å². The highest BCUT2D eigenvalue weighted by molar-refractivity contribution is 7.11. The van der Waals surface area contributed by atoms with E-state index < -0.39 is 0 Å². The Bertz CT molecular complexity index is 592. The van der Waals surface area contributed by atoms with Crippen molar-refractivity contribution in [1.29, 1.82) is 0 Å². The number of aryl methyl sites for hydroxylation is 1. The summed E-state index contributed by atoms with van der Waals surface area (Å²) in [6, 6.07) is 0. The van der Waals surface area contributed by atoms with Gasteiger partial charge in [-0.3, -0.25) is 4.90 Å². The molecule has 1 saturated heterocycles. The van der Waals surface area contributed by atoms with Gasteiger partial charge in [0.25, 0.3) is 0 Å². The van der Waals surface area contributed by atoms with Gasteiger partial charge in [0.05, 0.1) is 11.6 Å². The van der Waals surface area contributed by atoms with E-state index in [0.29, 0.717) is 6.61 Å². The van der Waals surface area contributed by atoms with E-state index in [9.17, 15) is 0 Å². The average Bonchev–Trinajstić information content (AvgIpc) is 3.15. The predicted octanol–water partition coefficient (Wildman–Crippen LogP) is 1.81. The molecule has 3 heterocycles. The fraction of sp³-hybridized carbons (Fsp3) is 0.643. The largest absolute Gasteiger partial charge is 0.384 e. The lowest BCUT2D eigenvalue weighted by atomic mass is 10.3. The summed E-state index contributed by atoms with van der Waals surface area (Å²) in [5.74, 6) is 0.893. The van der Waals surface area contributed by atoms with Gasteiger partial charge in [-0.15, -0.1) is 11.3 Å². The fourth-order valence-corrected chi connectivity index (χ4v) is 4.06. The summed E-state index contributed by atoms with van der Waals surface area (Å²) in [6.45, 7) is 7.89. The lowest BCUT2D eigenvalue weighted by molar-refractivity contribution is 0.201. The summed E-state index contributed by atoms with van der Waals surface area (Å²) in [5, 5.41) is 2.19. The topological polar surface area (TPSA) is 54.4 Å². The number of anilines is 1. The molecule has 0 bridgehead atoms. The van der Waals surface area contributed by atoms with Crippen molar-refractivity contribution in [3.63, 3.8) is 0 Å². The molecule has 0 radical (unpaired) electrons. The van der Waals surface area contributed by atoms with Gasteiger partial charge >= 0.3 is 0 Å². The molecule has 0 saturated carbocycles. The minimum absolute atomic E-state index is 0.679. The molecule has 6 nitrogen and oxygen atoms in total. The second-order valence-corrected chi connectivity index (χ2v) is 7.39. The van der Waals surface area contributed by atoms with Crippen molar-refractivity contribution >= 4 is 28.0 Å². The summed E-state index contributed by atoms with van der Waals surface area (Å²) in [4.78, 5) is 15.1. The van der Waals surface area contributed by atoms with Crippen LogP contribution in [0.5, 0.6) is 0 Å². The molecule has 0 aromatic carbocycles. The molecule has 0 spiro atoms. The Labute approximate surface area is 138 Å². The number of aromatic nitrogens is 3. The molecule has 0 aliphatic carbocycles. The quantitative estimate of drug-likeness (QED) is 0.800. The van der Waals surface area contributed by atoms with Crippen LogP contribution < -0.4 is 4.90 Å². The maximum absolute atomic E-state index is 5.07. The first kappa shape index (κ1) is 15.8. The van der Waals surface area contributed by atoms with Crippen molar-refractivity contribution < 1.29 is 4.74 Å². The van der Waals surface area contributed by atoms with E-state index in [0.717, 1.165) is 55.1 Å². The number of thiazole rings is 1. The highest BCUT2D eigenvalue weighted by Gasteiger charge is 2.20. The minimum Gasteiger partial charge on any atom is -0.384 e. The second kappa shape index (κ2) is 7.45.